The van der Waals surface area contributed by atoms with Gasteiger partial charge in [-0.15, -0.1) is 0 Å². The van der Waals surface area contributed by atoms with E-state index in [1.54, 1.807) is 35.0 Å². The summed E-state index contributed by atoms with van der Waals surface area (Å²) in [5.74, 6) is 0.143. The van der Waals surface area contributed by atoms with Crippen molar-refractivity contribution in [3.8, 4) is 0 Å². The number of nitrogens with one attached hydrogen (secondary N) is 4. The van der Waals surface area contributed by atoms with Crippen LogP contribution in [-0.4, -0.2) is 57.1 Å². The van der Waals surface area contributed by atoms with Crippen LogP contribution in [-0.2, 0) is 9.59 Å². The first-order chi connectivity index (χ1) is 8.83. The third-order valence-electron chi connectivity index (χ3n) is 2.04. The lowest BCUT2D eigenvalue weighted by molar-refractivity contribution is -0.122. The van der Waals surface area contributed by atoms with Gasteiger partial charge in [-0.1, -0.05) is 7.43 Å². The third kappa shape index (κ3) is 11.1. The van der Waals surface area contributed by atoms with Crippen molar-refractivity contribution >= 4 is 23.9 Å². The van der Waals surface area contributed by atoms with Crippen molar-refractivity contribution < 1.29 is 9.59 Å². The molecule has 0 saturated carbocycles. The zero-order chi connectivity index (χ0) is 15.4. The number of rotatable bonds is 4. The molecule has 0 aliphatic carbocycles. The minimum absolute atomic E-state index is 0. The van der Waals surface area contributed by atoms with Gasteiger partial charge in [-0.2, -0.15) is 0 Å². The van der Waals surface area contributed by atoms with E-state index in [1.807, 2.05) is 0 Å². The zero-order valence-electron chi connectivity index (χ0n) is 12.1. The molecule has 0 radical (unpaired) electrons. The quantitative estimate of drug-likeness (QED) is 0.339. The maximum absolute atomic E-state index is 11.0. The van der Waals surface area contributed by atoms with E-state index in [2.05, 4.69) is 20.9 Å². The van der Waals surface area contributed by atoms with Gasteiger partial charge in [0.15, 0.2) is 0 Å². The standard InChI is InChI=1S/C7H14N4O.C4H10N2O.CH4/c1-5(7(12)10-3)11-6(4-8)9-2;1-3(5)4(7)6-2;/h4-5,8H,1-3H3,(H,9,11)(H,10,12);3H,5H2,1-2H3,(H,6,7);1H4. The Morgan fingerprint density at radius 2 is 1.65 bits per heavy atom. The van der Waals surface area contributed by atoms with E-state index in [0.717, 1.165) is 6.21 Å². The van der Waals surface area contributed by atoms with Crippen LogP contribution >= 0.6 is 0 Å². The van der Waals surface area contributed by atoms with Crippen LogP contribution in [0.5, 0.6) is 0 Å². The molecule has 2 atom stereocenters. The summed E-state index contributed by atoms with van der Waals surface area (Å²) in [6, 6.07) is -0.750. The van der Waals surface area contributed by atoms with Crippen LogP contribution in [0.15, 0.2) is 4.99 Å². The van der Waals surface area contributed by atoms with Gasteiger partial charge in [0.2, 0.25) is 11.8 Å². The van der Waals surface area contributed by atoms with Crippen LogP contribution in [0.25, 0.3) is 0 Å². The number of hydrogen-bond acceptors (Lipinski definition) is 5. The molecule has 0 saturated heterocycles. The predicted molar refractivity (Wildman–Crippen MR) is 83.3 cm³/mol. The monoisotopic (exact) mass is 288 g/mol. The molecule has 8 heteroatoms. The molecule has 0 fully saturated rings. The number of carbonyl (C=O) groups excluding carboxylic acids is 2. The number of amidine groups is 1. The minimum atomic E-state index is -0.384. The van der Waals surface area contributed by atoms with Crippen LogP contribution in [0.4, 0.5) is 0 Å². The molecule has 0 bridgehead atoms. The van der Waals surface area contributed by atoms with E-state index >= 15 is 0 Å². The third-order valence-corrected chi connectivity index (χ3v) is 2.04. The molecule has 0 rings (SSSR count). The van der Waals surface area contributed by atoms with E-state index in [1.165, 1.54) is 0 Å². The number of amides is 2. The van der Waals surface area contributed by atoms with Crippen LogP contribution in [0.2, 0.25) is 0 Å². The van der Waals surface area contributed by atoms with Crippen molar-refractivity contribution in [1.82, 2.24) is 16.0 Å². The smallest absolute Gasteiger partial charge is 0.241 e. The van der Waals surface area contributed by atoms with Crippen molar-refractivity contribution in [2.24, 2.45) is 10.7 Å². The van der Waals surface area contributed by atoms with Crippen molar-refractivity contribution in [2.45, 2.75) is 33.4 Å². The molecule has 0 aliphatic heterocycles. The van der Waals surface area contributed by atoms with Gasteiger partial charge in [0, 0.05) is 21.1 Å². The topological polar surface area (TPSA) is 132 Å². The molecular weight excluding hydrogens is 260 g/mol. The van der Waals surface area contributed by atoms with Crippen LogP contribution in [0.1, 0.15) is 21.3 Å². The highest BCUT2D eigenvalue weighted by atomic mass is 16.2. The van der Waals surface area contributed by atoms with Gasteiger partial charge in [-0.05, 0) is 13.8 Å². The number of likely N-dealkylation sites (N-methyl/N-ethyl adjacent to an activating group) is 2. The molecule has 0 aliphatic rings. The molecule has 8 nitrogen and oxygen atoms in total. The minimum Gasteiger partial charge on any atom is -0.358 e. The summed E-state index contributed by atoms with van der Waals surface area (Å²) in [6.07, 6.45) is 1.07. The SMILES string of the molecule is C.CN=C(C=N)NC(C)C(=O)NC.CNC(=O)C(C)N. The van der Waals surface area contributed by atoms with Gasteiger partial charge in [-0.3, -0.25) is 14.6 Å². The second kappa shape index (κ2) is 13.5. The zero-order valence-corrected chi connectivity index (χ0v) is 12.1. The van der Waals surface area contributed by atoms with Crippen molar-refractivity contribution in [3.05, 3.63) is 0 Å². The second-order valence-electron chi connectivity index (χ2n) is 3.64. The maximum Gasteiger partial charge on any atom is 0.241 e. The molecule has 0 aromatic heterocycles. The molecule has 0 spiro atoms. The van der Waals surface area contributed by atoms with Crippen molar-refractivity contribution in [1.29, 1.82) is 5.41 Å². The summed E-state index contributed by atoms with van der Waals surface area (Å²) >= 11 is 0. The Balaban J connectivity index is -0.000000312. The van der Waals surface area contributed by atoms with Gasteiger partial charge >= 0.3 is 0 Å². The first-order valence-corrected chi connectivity index (χ1v) is 5.76. The van der Waals surface area contributed by atoms with Crippen LogP contribution < -0.4 is 21.7 Å². The number of aliphatic imine (C=N–C) groups is 1. The summed E-state index contributed by atoms with van der Waals surface area (Å²) in [6.45, 7) is 3.34. The molecule has 20 heavy (non-hydrogen) atoms. The molecule has 118 valence electrons. The number of carbonyl (C=O) groups is 2. The first-order valence-electron chi connectivity index (χ1n) is 5.76. The van der Waals surface area contributed by atoms with E-state index in [0.29, 0.717) is 5.84 Å². The van der Waals surface area contributed by atoms with E-state index in [4.69, 9.17) is 11.1 Å². The highest BCUT2D eigenvalue weighted by Crippen LogP contribution is 1.80. The summed E-state index contributed by atoms with van der Waals surface area (Å²) in [7, 11) is 4.68. The molecule has 0 aromatic rings. The molecule has 6 N–H and O–H groups in total. The van der Waals surface area contributed by atoms with Gasteiger partial charge in [-0.25, -0.2) is 0 Å². The lowest BCUT2D eigenvalue weighted by atomic mass is 10.3. The summed E-state index contributed by atoms with van der Waals surface area (Å²) in [5.41, 5.74) is 5.13. The van der Waals surface area contributed by atoms with Crippen molar-refractivity contribution in [2.75, 3.05) is 21.1 Å². The number of hydrogen-bond donors (Lipinski definition) is 5. The Labute approximate surface area is 121 Å². The van der Waals surface area contributed by atoms with Gasteiger partial charge in [0.1, 0.15) is 11.9 Å². The highest BCUT2D eigenvalue weighted by molar-refractivity contribution is 6.28. The fraction of sp³-hybridized carbons (Fsp3) is 0.667. The fourth-order valence-electron chi connectivity index (χ4n) is 0.902. The number of nitrogens with two attached hydrogens (primary N) is 1. The van der Waals surface area contributed by atoms with E-state index < -0.39 is 0 Å². The molecule has 0 heterocycles. The molecule has 2 amide bonds. The summed E-state index contributed by atoms with van der Waals surface area (Å²) < 4.78 is 0. The largest absolute Gasteiger partial charge is 0.358 e. The fourth-order valence-corrected chi connectivity index (χ4v) is 0.902. The number of nitrogens with zero attached hydrogens (tertiary/aromatic N) is 1. The van der Waals surface area contributed by atoms with Gasteiger partial charge < -0.3 is 27.1 Å². The predicted octanol–water partition coefficient (Wildman–Crippen LogP) is -0.896. The first kappa shape index (κ1) is 23.2. The average Bonchev–Trinajstić information content (AvgIpc) is 2.42. The van der Waals surface area contributed by atoms with Gasteiger partial charge in [0.25, 0.3) is 0 Å². The lowest BCUT2D eigenvalue weighted by Crippen LogP contribution is -2.44. The Bertz CT molecular complexity index is 328. The summed E-state index contributed by atoms with van der Waals surface area (Å²) in [5, 5.41) is 14.6. The van der Waals surface area contributed by atoms with Crippen LogP contribution in [0.3, 0.4) is 0 Å². The van der Waals surface area contributed by atoms with E-state index in [9.17, 15) is 9.59 Å². The second-order valence-corrected chi connectivity index (χ2v) is 3.64. The Kier molecular flexibility index (Phi) is 15.6. The maximum atomic E-state index is 11.0. The van der Waals surface area contributed by atoms with Crippen molar-refractivity contribution in [3.63, 3.8) is 0 Å². The average molecular weight is 288 g/mol. The molecular formula is C12H28N6O2. The van der Waals surface area contributed by atoms with Crippen LogP contribution in [0, 0.1) is 5.41 Å². The Morgan fingerprint density at radius 1 is 1.20 bits per heavy atom. The molecule has 0 aromatic carbocycles. The lowest BCUT2D eigenvalue weighted by Gasteiger charge is -2.11. The normalized spacial score (nSPS) is 12.6. The summed E-state index contributed by atoms with van der Waals surface area (Å²) in [4.78, 5) is 25.0. The Morgan fingerprint density at radius 3 is 1.85 bits per heavy atom. The molecule has 2 unspecified atom stereocenters. The highest BCUT2D eigenvalue weighted by Gasteiger charge is 2.10. The van der Waals surface area contributed by atoms with E-state index in [-0.39, 0.29) is 31.3 Å². The van der Waals surface area contributed by atoms with Gasteiger partial charge in [0.05, 0.1) is 12.3 Å². The Hall–Kier alpha value is -1.96.